The Labute approximate surface area is 124 Å². The lowest BCUT2D eigenvalue weighted by atomic mass is 9.99. The smallest absolute Gasteiger partial charge is 0.244 e. The van der Waals surface area contributed by atoms with Crippen molar-refractivity contribution < 1.29 is 9.53 Å². The van der Waals surface area contributed by atoms with Gasteiger partial charge in [0.05, 0.1) is 13.2 Å². The number of aromatic nitrogens is 4. The van der Waals surface area contributed by atoms with Crippen molar-refractivity contribution in [3.63, 3.8) is 0 Å². The van der Waals surface area contributed by atoms with Crippen LogP contribution in [0.5, 0.6) is 0 Å². The zero-order chi connectivity index (χ0) is 14.7. The molecule has 0 aromatic carbocycles. The number of ether oxygens (including phenoxy) is 1. The summed E-state index contributed by atoms with van der Waals surface area (Å²) >= 11 is 0. The number of nitrogens with zero attached hydrogens (tertiary/aromatic N) is 6. The molecule has 1 amide bonds. The molecule has 0 unspecified atom stereocenters. The highest BCUT2D eigenvalue weighted by Crippen LogP contribution is 2.25. The summed E-state index contributed by atoms with van der Waals surface area (Å²) < 4.78 is 6.90. The van der Waals surface area contributed by atoms with Crippen molar-refractivity contribution in [2.24, 2.45) is 5.92 Å². The van der Waals surface area contributed by atoms with Gasteiger partial charge in [-0.25, -0.2) is 4.68 Å². The summed E-state index contributed by atoms with van der Waals surface area (Å²) in [5.41, 5.74) is 0. The number of likely N-dealkylation sites (tertiary alicyclic amines) is 1. The summed E-state index contributed by atoms with van der Waals surface area (Å²) in [6.45, 7) is 7.59. The highest BCUT2D eigenvalue weighted by molar-refractivity contribution is 5.76. The van der Waals surface area contributed by atoms with Gasteiger partial charge in [-0.15, -0.1) is 5.10 Å². The molecule has 2 fully saturated rings. The second-order valence-corrected chi connectivity index (χ2v) is 5.69. The topological polar surface area (TPSA) is 76.4 Å². The van der Waals surface area contributed by atoms with Gasteiger partial charge in [0.2, 0.25) is 5.91 Å². The Balaban J connectivity index is 1.61. The van der Waals surface area contributed by atoms with Crippen molar-refractivity contribution in [2.75, 3.05) is 39.4 Å². The van der Waals surface area contributed by atoms with Crippen LogP contribution >= 0.6 is 0 Å². The highest BCUT2D eigenvalue weighted by Gasteiger charge is 2.37. The Bertz CT molecular complexity index is 459. The maximum Gasteiger partial charge on any atom is 0.244 e. The molecule has 0 spiro atoms. The minimum Gasteiger partial charge on any atom is -0.379 e. The fraction of sp³-hybridized carbons (Fsp3) is 0.846. The van der Waals surface area contributed by atoms with Crippen LogP contribution in [0.3, 0.4) is 0 Å². The molecule has 1 aromatic rings. The summed E-state index contributed by atoms with van der Waals surface area (Å²) in [6, 6.07) is 0.455. The number of tetrazole rings is 1. The van der Waals surface area contributed by atoms with E-state index in [4.69, 9.17) is 4.74 Å². The van der Waals surface area contributed by atoms with Crippen molar-refractivity contribution in [1.29, 1.82) is 0 Å². The largest absolute Gasteiger partial charge is 0.379 e. The third kappa shape index (κ3) is 3.21. The average molecular weight is 294 g/mol. The van der Waals surface area contributed by atoms with Crippen molar-refractivity contribution >= 4 is 5.91 Å². The van der Waals surface area contributed by atoms with E-state index in [-0.39, 0.29) is 12.5 Å². The number of rotatable bonds is 4. The van der Waals surface area contributed by atoms with Gasteiger partial charge in [-0.05, 0) is 16.3 Å². The number of hydrogen-bond acceptors (Lipinski definition) is 6. The number of morpholine rings is 1. The van der Waals surface area contributed by atoms with Gasteiger partial charge < -0.3 is 9.64 Å². The SMILES string of the molecule is CC[C@@H]1CN(C(=O)Cn2cnnn2)C[C@@H]1N1CCOCC1. The van der Waals surface area contributed by atoms with Gasteiger partial charge in [-0.1, -0.05) is 13.3 Å². The lowest BCUT2D eigenvalue weighted by Crippen LogP contribution is -2.47. The van der Waals surface area contributed by atoms with E-state index in [0.29, 0.717) is 12.0 Å². The Morgan fingerprint density at radius 1 is 1.33 bits per heavy atom. The first-order valence-electron chi connectivity index (χ1n) is 7.58. The van der Waals surface area contributed by atoms with Gasteiger partial charge in [0.15, 0.2) is 0 Å². The van der Waals surface area contributed by atoms with E-state index in [2.05, 4.69) is 27.3 Å². The minimum absolute atomic E-state index is 0.0940. The van der Waals surface area contributed by atoms with E-state index < -0.39 is 0 Å². The quantitative estimate of drug-likeness (QED) is 0.727. The van der Waals surface area contributed by atoms with Crippen LogP contribution in [0.4, 0.5) is 0 Å². The first-order chi connectivity index (χ1) is 10.3. The molecule has 1 aromatic heterocycles. The number of carbonyl (C=O) groups is 1. The van der Waals surface area contributed by atoms with E-state index in [1.807, 2.05) is 4.90 Å². The molecule has 8 heteroatoms. The molecule has 0 bridgehead atoms. The van der Waals surface area contributed by atoms with Gasteiger partial charge in [-0.2, -0.15) is 0 Å². The van der Waals surface area contributed by atoms with Crippen molar-refractivity contribution in [3.05, 3.63) is 6.33 Å². The summed E-state index contributed by atoms with van der Waals surface area (Å²) in [5.74, 6) is 0.637. The van der Waals surface area contributed by atoms with E-state index in [1.54, 1.807) is 0 Å². The fourth-order valence-corrected chi connectivity index (χ4v) is 3.27. The predicted octanol–water partition coefficient (Wildman–Crippen LogP) is -0.758. The molecule has 8 nitrogen and oxygen atoms in total. The average Bonchev–Trinajstić information content (AvgIpc) is 3.17. The van der Waals surface area contributed by atoms with Crippen LogP contribution in [-0.2, 0) is 16.1 Å². The van der Waals surface area contributed by atoms with Crippen LogP contribution in [0.25, 0.3) is 0 Å². The van der Waals surface area contributed by atoms with Crippen LogP contribution in [0.15, 0.2) is 6.33 Å². The van der Waals surface area contributed by atoms with Crippen molar-refractivity contribution in [3.8, 4) is 0 Å². The molecule has 2 atom stereocenters. The lowest BCUT2D eigenvalue weighted by molar-refractivity contribution is -0.131. The summed E-state index contributed by atoms with van der Waals surface area (Å²) in [7, 11) is 0. The zero-order valence-electron chi connectivity index (χ0n) is 12.4. The molecular formula is C13H22N6O2. The van der Waals surface area contributed by atoms with E-state index in [9.17, 15) is 4.79 Å². The molecule has 3 heterocycles. The van der Waals surface area contributed by atoms with Gasteiger partial charge >= 0.3 is 0 Å². The zero-order valence-corrected chi connectivity index (χ0v) is 12.4. The molecule has 0 N–H and O–H groups in total. The maximum atomic E-state index is 12.4. The molecular weight excluding hydrogens is 272 g/mol. The summed E-state index contributed by atoms with van der Waals surface area (Å²) in [5, 5.41) is 10.9. The Morgan fingerprint density at radius 2 is 2.14 bits per heavy atom. The molecule has 3 rings (SSSR count). The molecule has 21 heavy (non-hydrogen) atoms. The van der Waals surface area contributed by atoms with Crippen LogP contribution in [-0.4, -0.2) is 81.3 Å². The molecule has 0 saturated carbocycles. The molecule has 0 aliphatic carbocycles. The first-order valence-corrected chi connectivity index (χ1v) is 7.58. The third-order valence-electron chi connectivity index (χ3n) is 4.49. The minimum atomic E-state index is 0.0940. The second kappa shape index (κ2) is 6.48. The van der Waals surface area contributed by atoms with Crippen molar-refractivity contribution in [2.45, 2.75) is 25.9 Å². The fourth-order valence-electron chi connectivity index (χ4n) is 3.27. The van der Waals surface area contributed by atoms with E-state index in [1.165, 1.54) is 11.0 Å². The van der Waals surface area contributed by atoms with Crippen LogP contribution in [0.2, 0.25) is 0 Å². The lowest BCUT2D eigenvalue weighted by Gasteiger charge is -2.34. The molecule has 2 saturated heterocycles. The Morgan fingerprint density at radius 3 is 2.81 bits per heavy atom. The Kier molecular flexibility index (Phi) is 4.45. The molecule has 0 radical (unpaired) electrons. The third-order valence-corrected chi connectivity index (χ3v) is 4.49. The highest BCUT2D eigenvalue weighted by atomic mass is 16.5. The van der Waals surface area contributed by atoms with Crippen LogP contribution in [0.1, 0.15) is 13.3 Å². The standard InChI is InChI=1S/C13H22N6O2/c1-2-11-7-18(13(20)9-19-10-14-15-16-19)8-12(11)17-3-5-21-6-4-17/h10-12H,2-9H2,1H3/t11-,12+/m1/s1. The van der Waals surface area contributed by atoms with Crippen LogP contribution in [0, 0.1) is 5.92 Å². The summed E-state index contributed by atoms with van der Waals surface area (Å²) in [4.78, 5) is 16.8. The number of carbonyl (C=O) groups excluding carboxylic acids is 1. The normalized spacial score (nSPS) is 27.2. The van der Waals surface area contributed by atoms with Gasteiger partial charge in [-0.3, -0.25) is 9.69 Å². The molecule has 2 aliphatic rings. The first kappa shape index (κ1) is 14.4. The second-order valence-electron chi connectivity index (χ2n) is 5.69. The molecule has 2 aliphatic heterocycles. The van der Waals surface area contributed by atoms with Gasteiger partial charge in [0.25, 0.3) is 0 Å². The Hall–Kier alpha value is -1.54. The van der Waals surface area contributed by atoms with Gasteiger partial charge in [0, 0.05) is 32.2 Å². The predicted molar refractivity (Wildman–Crippen MR) is 74.4 cm³/mol. The molecule has 116 valence electrons. The maximum absolute atomic E-state index is 12.4. The number of hydrogen-bond donors (Lipinski definition) is 0. The monoisotopic (exact) mass is 294 g/mol. The van der Waals surface area contributed by atoms with Crippen molar-refractivity contribution in [1.82, 2.24) is 30.0 Å². The van der Waals surface area contributed by atoms with E-state index in [0.717, 1.165) is 45.8 Å². The van der Waals surface area contributed by atoms with Gasteiger partial charge in [0.1, 0.15) is 12.9 Å². The summed E-state index contributed by atoms with van der Waals surface area (Å²) in [6.07, 6.45) is 2.57. The number of amides is 1. The van der Waals surface area contributed by atoms with E-state index >= 15 is 0 Å². The van der Waals surface area contributed by atoms with Crippen LogP contribution < -0.4 is 0 Å².